The molecular formula is C15H20ClN3O2. The van der Waals surface area contributed by atoms with Crippen LogP contribution in [0.3, 0.4) is 0 Å². The van der Waals surface area contributed by atoms with Crippen LogP contribution in [0.1, 0.15) is 12.8 Å². The van der Waals surface area contributed by atoms with Gasteiger partial charge in [0.05, 0.1) is 17.7 Å². The van der Waals surface area contributed by atoms with Gasteiger partial charge in [0.1, 0.15) is 5.82 Å². The summed E-state index contributed by atoms with van der Waals surface area (Å²) >= 11 is 5.81. The molecule has 2 fully saturated rings. The van der Waals surface area contributed by atoms with Crippen LogP contribution in [-0.2, 0) is 4.79 Å². The third kappa shape index (κ3) is 2.99. The first-order valence-electron chi connectivity index (χ1n) is 7.33. The van der Waals surface area contributed by atoms with E-state index in [1.807, 2.05) is 16.8 Å². The molecule has 1 amide bonds. The third-order valence-corrected chi connectivity index (χ3v) is 4.87. The Morgan fingerprint density at radius 3 is 2.95 bits per heavy atom. The Morgan fingerprint density at radius 1 is 1.48 bits per heavy atom. The zero-order valence-electron chi connectivity index (χ0n) is 12.1. The van der Waals surface area contributed by atoms with Crippen LogP contribution in [0, 0.1) is 11.8 Å². The predicted molar refractivity (Wildman–Crippen MR) is 81.3 cm³/mol. The molecule has 1 aliphatic heterocycles. The highest BCUT2D eigenvalue weighted by atomic mass is 35.5. The second-order valence-electron chi connectivity index (χ2n) is 6.06. The minimum Gasteiger partial charge on any atom is -0.393 e. The summed E-state index contributed by atoms with van der Waals surface area (Å²) in [4.78, 5) is 20.3. The minimum absolute atomic E-state index is 0.0934. The number of hydrogen-bond donors (Lipinski definition) is 1. The minimum atomic E-state index is -0.233. The molecule has 1 saturated carbocycles. The van der Waals surface area contributed by atoms with Crippen molar-refractivity contribution in [1.82, 2.24) is 9.88 Å². The molecule has 0 aromatic carbocycles. The lowest BCUT2D eigenvalue weighted by molar-refractivity contribution is -0.129. The number of pyridine rings is 1. The zero-order valence-corrected chi connectivity index (χ0v) is 12.8. The number of halogens is 1. The molecule has 2 aliphatic rings. The van der Waals surface area contributed by atoms with Gasteiger partial charge in [-0.25, -0.2) is 4.98 Å². The average molecular weight is 310 g/mol. The van der Waals surface area contributed by atoms with Crippen molar-refractivity contribution in [2.75, 3.05) is 31.6 Å². The van der Waals surface area contributed by atoms with Crippen LogP contribution in [0.25, 0.3) is 0 Å². The molecule has 5 nitrogen and oxygen atoms in total. The van der Waals surface area contributed by atoms with Gasteiger partial charge in [0.15, 0.2) is 0 Å². The molecule has 3 unspecified atom stereocenters. The van der Waals surface area contributed by atoms with Gasteiger partial charge >= 0.3 is 0 Å². The molecule has 0 bridgehead atoms. The zero-order chi connectivity index (χ0) is 15.0. The highest BCUT2D eigenvalue weighted by Gasteiger charge is 2.43. The van der Waals surface area contributed by atoms with E-state index in [1.165, 1.54) is 0 Å². The van der Waals surface area contributed by atoms with Crippen molar-refractivity contribution in [3.05, 3.63) is 23.4 Å². The van der Waals surface area contributed by atoms with Crippen LogP contribution in [-0.4, -0.2) is 53.7 Å². The lowest BCUT2D eigenvalue weighted by Gasteiger charge is -2.23. The number of aromatic nitrogens is 1. The standard InChI is InChI=1S/C15H20ClN3O2/c1-18(14-5-3-11(16)6-17-14)9-15(21)19-7-10-2-4-13(20)12(10)8-19/h3,5-6,10,12-13,20H,2,4,7-9H2,1H3. The molecule has 1 aromatic heterocycles. The SMILES string of the molecule is CN(CC(=O)N1CC2CCC(O)C2C1)c1ccc(Cl)cn1. The number of likely N-dealkylation sites (N-methyl/N-ethyl adjacent to an activating group) is 1. The topological polar surface area (TPSA) is 56.7 Å². The number of nitrogens with zero attached hydrogens (tertiary/aromatic N) is 3. The van der Waals surface area contributed by atoms with Gasteiger partial charge in [-0.05, 0) is 30.9 Å². The number of amides is 1. The molecule has 0 spiro atoms. The maximum absolute atomic E-state index is 12.4. The van der Waals surface area contributed by atoms with Gasteiger partial charge in [-0.1, -0.05) is 11.6 Å². The Morgan fingerprint density at radius 2 is 2.29 bits per heavy atom. The van der Waals surface area contributed by atoms with Crippen molar-refractivity contribution < 1.29 is 9.90 Å². The second kappa shape index (κ2) is 5.81. The van der Waals surface area contributed by atoms with Crippen molar-refractivity contribution in [1.29, 1.82) is 0 Å². The molecule has 1 aromatic rings. The first-order chi connectivity index (χ1) is 10.0. The molecule has 2 heterocycles. The number of hydrogen-bond acceptors (Lipinski definition) is 4. The first kappa shape index (κ1) is 14.6. The quantitative estimate of drug-likeness (QED) is 0.917. The van der Waals surface area contributed by atoms with Crippen LogP contribution in [0.4, 0.5) is 5.82 Å². The van der Waals surface area contributed by atoms with E-state index in [0.29, 0.717) is 24.0 Å². The van der Waals surface area contributed by atoms with E-state index in [0.717, 1.165) is 25.2 Å². The van der Waals surface area contributed by atoms with E-state index in [1.54, 1.807) is 18.3 Å². The Bertz CT molecular complexity index is 522. The Hall–Kier alpha value is -1.33. The van der Waals surface area contributed by atoms with Gasteiger partial charge in [-0.3, -0.25) is 4.79 Å². The maximum Gasteiger partial charge on any atom is 0.242 e. The Kier molecular flexibility index (Phi) is 4.04. The fourth-order valence-corrected chi connectivity index (χ4v) is 3.53. The summed E-state index contributed by atoms with van der Waals surface area (Å²) < 4.78 is 0. The number of rotatable bonds is 3. The molecule has 1 N–H and O–H groups in total. The number of likely N-dealkylation sites (tertiary alicyclic amines) is 1. The smallest absolute Gasteiger partial charge is 0.242 e. The lowest BCUT2D eigenvalue weighted by Crippen LogP contribution is -2.39. The van der Waals surface area contributed by atoms with Gasteiger partial charge < -0.3 is 14.9 Å². The second-order valence-corrected chi connectivity index (χ2v) is 6.49. The van der Waals surface area contributed by atoms with Gasteiger partial charge in [0.2, 0.25) is 5.91 Å². The summed E-state index contributed by atoms with van der Waals surface area (Å²) in [5, 5.41) is 10.5. The summed E-state index contributed by atoms with van der Waals surface area (Å²) in [5.41, 5.74) is 0. The fraction of sp³-hybridized carbons (Fsp3) is 0.600. The monoisotopic (exact) mass is 309 g/mol. The molecule has 0 radical (unpaired) electrons. The van der Waals surface area contributed by atoms with Crippen molar-refractivity contribution in [3.8, 4) is 0 Å². The van der Waals surface area contributed by atoms with Crippen LogP contribution >= 0.6 is 11.6 Å². The molecule has 114 valence electrons. The molecule has 1 aliphatic carbocycles. The highest BCUT2D eigenvalue weighted by molar-refractivity contribution is 6.30. The van der Waals surface area contributed by atoms with Crippen molar-refractivity contribution in [2.45, 2.75) is 18.9 Å². The fourth-order valence-electron chi connectivity index (χ4n) is 3.42. The normalized spacial score (nSPS) is 27.8. The number of fused-ring (bicyclic) bond motifs is 1. The number of carbonyl (C=O) groups excluding carboxylic acids is 1. The highest BCUT2D eigenvalue weighted by Crippen LogP contribution is 2.38. The molecule has 21 heavy (non-hydrogen) atoms. The summed E-state index contributed by atoms with van der Waals surface area (Å²) in [6.45, 7) is 1.76. The average Bonchev–Trinajstić information content (AvgIpc) is 3.02. The summed E-state index contributed by atoms with van der Waals surface area (Å²) in [6, 6.07) is 3.57. The Labute approximate surface area is 129 Å². The molecule has 3 atom stereocenters. The summed E-state index contributed by atoms with van der Waals surface area (Å²) in [7, 11) is 1.85. The van der Waals surface area contributed by atoms with Crippen LogP contribution in [0.15, 0.2) is 18.3 Å². The number of anilines is 1. The maximum atomic E-state index is 12.4. The molecule has 6 heteroatoms. The lowest BCUT2D eigenvalue weighted by atomic mass is 10.00. The summed E-state index contributed by atoms with van der Waals surface area (Å²) in [5.74, 6) is 1.57. The number of aliphatic hydroxyl groups is 1. The number of carbonyl (C=O) groups is 1. The van der Waals surface area contributed by atoms with Crippen LogP contribution in [0.2, 0.25) is 5.02 Å². The number of aliphatic hydroxyl groups excluding tert-OH is 1. The molecular weight excluding hydrogens is 290 g/mol. The molecule has 1 saturated heterocycles. The van der Waals surface area contributed by atoms with E-state index < -0.39 is 0 Å². The van der Waals surface area contributed by atoms with E-state index in [9.17, 15) is 9.90 Å². The van der Waals surface area contributed by atoms with Gasteiger partial charge in [0.25, 0.3) is 0 Å². The van der Waals surface area contributed by atoms with E-state index in [4.69, 9.17) is 11.6 Å². The van der Waals surface area contributed by atoms with Crippen LogP contribution < -0.4 is 4.90 Å². The molecule has 3 rings (SSSR count). The van der Waals surface area contributed by atoms with E-state index >= 15 is 0 Å². The van der Waals surface area contributed by atoms with Gasteiger partial charge in [0, 0.05) is 32.3 Å². The van der Waals surface area contributed by atoms with Crippen molar-refractivity contribution >= 4 is 23.3 Å². The van der Waals surface area contributed by atoms with E-state index in [2.05, 4.69) is 4.98 Å². The van der Waals surface area contributed by atoms with Crippen molar-refractivity contribution in [2.24, 2.45) is 11.8 Å². The van der Waals surface area contributed by atoms with Gasteiger partial charge in [-0.15, -0.1) is 0 Å². The summed E-state index contributed by atoms with van der Waals surface area (Å²) in [6.07, 6.45) is 3.26. The van der Waals surface area contributed by atoms with Crippen LogP contribution in [0.5, 0.6) is 0 Å². The first-order valence-corrected chi connectivity index (χ1v) is 7.71. The van der Waals surface area contributed by atoms with Crippen molar-refractivity contribution in [3.63, 3.8) is 0 Å². The van der Waals surface area contributed by atoms with E-state index in [-0.39, 0.29) is 17.9 Å². The third-order valence-electron chi connectivity index (χ3n) is 4.65. The van der Waals surface area contributed by atoms with Gasteiger partial charge in [-0.2, -0.15) is 0 Å². The Balaban J connectivity index is 1.58. The predicted octanol–water partition coefficient (Wildman–Crippen LogP) is 1.40. The largest absolute Gasteiger partial charge is 0.393 e.